The molecule has 6 nitrogen and oxygen atoms in total. The zero-order valence-electron chi connectivity index (χ0n) is 12.7. The van der Waals surface area contributed by atoms with Gasteiger partial charge in [-0.15, -0.1) is 0 Å². The van der Waals surface area contributed by atoms with Crippen LogP contribution in [0.15, 0.2) is 48.5 Å². The smallest absolute Gasteiger partial charge is 0.250 e. The number of hydrogen-bond donors (Lipinski definition) is 2. The Bertz CT molecular complexity index is 683. The molecule has 0 radical (unpaired) electrons. The Balaban J connectivity index is 1.84. The van der Waals surface area contributed by atoms with E-state index in [4.69, 9.17) is 15.2 Å². The second kappa shape index (κ2) is 7.84. The van der Waals surface area contributed by atoms with Crippen molar-refractivity contribution in [2.24, 2.45) is 5.73 Å². The molecule has 2 amide bonds. The lowest BCUT2D eigenvalue weighted by atomic mass is 10.1. The number of hydrogen-bond acceptors (Lipinski definition) is 4. The summed E-state index contributed by atoms with van der Waals surface area (Å²) in [5.74, 6) is 0.539. The molecule has 6 heteroatoms. The fourth-order valence-corrected chi connectivity index (χ4v) is 1.95. The Hall–Kier alpha value is -3.02. The van der Waals surface area contributed by atoms with Gasteiger partial charge in [-0.2, -0.15) is 0 Å². The second-order valence-electron chi connectivity index (χ2n) is 4.73. The number of anilines is 1. The largest absolute Gasteiger partial charge is 0.497 e. The van der Waals surface area contributed by atoms with Gasteiger partial charge in [0, 0.05) is 0 Å². The van der Waals surface area contributed by atoms with Gasteiger partial charge in [0.15, 0.2) is 0 Å². The number of rotatable bonds is 7. The molecule has 0 aliphatic heterocycles. The van der Waals surface area contributed by atoms with E-state index in [0.29, 0.717) is 11.4 Å². The van der Waals surface area contributed by atoms with Gasteiger partial charge in [0.1, 0.15) is 11.5 Å². The van der Waals surface area contributed by atoms with Crippen molar-refractivity contribution in [1.29, 1.82) is 0 Å². The van der Waals surface area contributed by atoms with Crippen molar-refractivity contribution in [3.63, 3.8) is 0 Å². The van der Waals surface area contributed by atoms with E-state index in [0.717, 1.165) is 5.75 Å². The summed E-state index contributed by atoms with van der Waals surface area (Å²) in [6.45, 7) is 0.219. The van der Waals surface area contributed by atoms with Gasteiger partial charge in [-0.05, 0) is 36.4 Å². The molecular formula is C17H18N2O4. The highest BCUT2D eigenvalue weighted by Gasteiger charge is 2.10. The number of nitrogens with one attached hydrogen (secondary N) is 1. The second-order valence-corrected chi connectivity index (χ2v) is 4.73. The lowest BCUT2D eigenvalue weighted by Gasteiger charge is -2.10. The van der Waals surface area contributed by atoms with E-state index in [2.05, 4.69) is 5.32 Å². The molecule has 3 N–H and O–H groups in total. The van der Waals surface area contributed by atoms with Crippen LogP contribution in [-0.2, 0) is 4.79 Å². The third-order valence-corrected chi connectivity index (χ3v) is 3.12. The molecule has 2 aromatic rings. The molecule has 120 valence electrons. The number of para-hydroxylation sites is 1. The summed E-state index contributed by atoms with van der Waals surface area (Å²) in [6.07, 6.45) is 0.152. The van der Waals surface area contributed by atoms with Gasteiger partial charge in [-0.3, -0.25) is 9.59 Å². The van der Waals surface area contributed by atoms with Gasteiger partial charge in [0.25, 0.3) is 5.91 Å². The van der Waals surface area contributed by atoms with Gasteiger partial charge in [-0.1, -0.05) is 12.1 Å². The minimum Gasteiger partial charge on any atom is -0.497 e. The van der Waals surface area contributed by atoms with Crippen LogP contribution in [0.25, 0.3) is 0 Å². The third kappa shape index (κ3) is 4.74. The quantitative estimate of drug-likeness (QED) is 0.819. The van der Waals surface area contributed by atoms with Crippen molar-refractivity contribution in [1.82, 2.24) is 0 Å². The molecular weight excluding hydrogens is 296 g/mol. The first-order valence-corrected chi connectivity index (χ1v) is 7.05. The molecule has 0 spiro atoms. The minimum atomic E-state index is -0.588. The molecule has 0 saturated heterocycles. The van der Waals surface area contributed by atoms with Crippen LogP contribution in [0.3, 0.4) is 0 Å². The molecule has 0 saturated carbocycles. The molecule has 0 unspecified atom stereocenters. The maximum atomic E-state index is 11.9. The molecule has 0 bridgehead atoms. The summed E-state index contributed by atoms with van der Waals surface area (Å²) in [4.78, 5) is 23.2. The highest BCUT2D eigenvalue weighted by molar-refractivity contribution is 6.02. The minimum absolute atomic E-state index is 0.152. The van der Waals surface area contributed by atoms with Crippen molar-refractivity contribution in [3.05, 3.63) is 54.1 Å². The maximum Gasteiger partial charge on any atom is 0.250 e. The summed E-state index contributed by atoms with van der Waals surface area (Å²) in [6, 6.07) is 13.7. The van der Waals surface area contributed by atoms with Crippen molar-refractivity contribution in [2.75, 3.05) is 19.0 Å². The van der Waals surface area contributed by atoms with E-state index in [1.165, 1.54) is 0 Å². The maximum absolute atomic E-state index is 11.9. The van der Waals surface area contributed by atoms with E-state index in [9.17, 15) is 9.59 Å². The molecule has 0 aliphatic carbocycles. The lowest BCUT2D eigenvalue weighted by molar-refractivity contribution is -0.116. The highest BCUT2D eigenvalue weighted by Crippen LogP contribution is 2.17. The predicted molar refractivity (Wildman–Crippen MR) is 86.7 cm³/mol. The molecule has 0 aliphatic rings. The topological polar surface area (TPSA) is 90.7 Å². The number of nitrogens with two attached hydrogens (primary N) is 1. The van der Waals surface area contributed by atoms with Crippen molar-refractivity contribution < 1.29 is 19.1 Å². The number of ether oxygens (including phenoxy) is 2. The van der Waals surface area contributed by atoms with Crippen molar-refractivity contribution >= 4 is 17.5 Å². The molecule has 0 aromatic heterocycles. The number of carbonyl (C=O) groups is 2. The highest BCUT2D eigenvalue weighted by atomic mass is 16.5. The van der Waals surface area contributed by atoms with Gasteiger partial charge >= 0.3 is 0 Å². The fourth-order valence-electron chi connectivity index (χ4n) is 1.95. The Morgan fingerprint density at radius 3 is 2.35 bits per heavy atom. The average Bonchev–Trinajstić information content (AvgIpc) is 2.56. The summed E-state index contributed by atoms with van der Waals surface area (Å²) in [5, 5.41) is 2.66. The van der Waals surface area contributed by atoms with E-state index in [1.54, 1.807) is 55.6 Å². The van der Waals surface area contributed by atoms with E-state index in [-0.39, 0.29) is 24.5 Å². The van der Waals surface area contributed by atoms with Gasteiger partial charge in [0.05, 0.1) is 31.4 Å². The first kappa shape index (κ1) is 16.4. The number of amides is 2. The van der Waals surface area contributed by atoms with Gasteiger partial charge in [0.2, 0.25) is 5.91 Å². The fraction of sp³-hybridized carbons (Fsp3) is 0.176. The lowest BCUT2D eigenvalue weighted by Crippen LogP contribution is -2.19. The van der Waals surface area contributed by atoms with Crippen molar-refractivity contribution in [2.45, 2.75) is 6.42 Å². The van der Waals surface area contributed by atoms with Gasteiger partial charge < -0.3 is 20.5 Å². The normalized spacial score (nSPS) is 9.96. The zero-order chi connectivity index (χ0) is 16.7. The van der Waals surface area contributed by atoms with Crippen LogP contribution < -0.4 is 20.5 Å². The van der Waals surface area contributed by atoms with Crippen LogP contribution in [0.1, 0.15) is 16.8 Å². The Kier molecular flexibility index (Phi) is 5.57. The predicted octanol–water partition coefficient (Wildman–Crippen LogP) is 2.20. The number of primary amides is 1. The summed E-state index contributed by atoms with van der Waals surface area (Å²) >= 11 is 0. The Morgan fingerprint density at radius 1 is 1.04 bits per heavy atom. The Labute approximate surface area is 134 Å². The first-order chi connectivity index (χ1) is 11.1. The van der Waals surface area contributed by atoms with E-state index in [1.807, 2.05) is 0 Å². The molecule has 0 atom stereocenters. The monoisotopic (exact) mass is 314 g/mol. The molecule has 2 aromatic carbocycles. The van der Waals surface area contributed by atoms with Crippen LogP contribution in [0, 0.1) is 0 Å². The standard InChI is InChI=1S/C17H18N2O4/c1-22-12-6-8-13(9-7-12)23-11-10-16(20)19-15-5-3-2-4-14(15)17(18)21/h2-9H,10-11H2,1H3,(H2,18,21)(H,19,20). The number of carbonyl (C=O) groups excluding carboxylic acids is 2. The average molecular weight is 314 g/mol. The molecule has 0 heterocycles. The summed E-state index contributed by atoms with van der Waals surface area (Å²) in [5.41, 5.74) is 5.94. The number of benzene rings is 2. The van der Waals surface area contributed by atoms with E-state index >= 15 is 0 Å². The summed E-state index contributed by atoms with van der Waals surface area (Å²) < 4.78 is 10.5. The van der Waals surface area contributed by atoms with Crippen molar-refractivity contribution in [3.8, 4) is 11.5 Å². The van der Waals surface area contributed by atoms with Crippen LogP contribution in [0.5, 0.6) is 11.5 Å². The van der Waals surface area contributed by atoms with E-state index < -0.39 is 5.91 Å². The molecule has 0 fully saturated rings. The molecule has 23 heavy (non-hydrogen) atoms. The zero-order valence-corrected chi connectivity index (χ0v) is 12.7. The van der Waals surface area contributed by atoms with Crippen LogP contribution >= 0.6 is 0 Å². The van der Waals surface area contributed by atoms with Gasteiger partial charge in [-0.25, -0.2) is 0 Å². The Morgan fingerprint density at radius 2 is 1.70 bits per heavy atom. The molecule has 2 rings (SSSR count). The van der Waals surface area contributed by atoms with Crippen LogP contribution in [0.2, 0.25) is 0 Å². The number of methoxy groups -OCH3 is 1. The SMILES string of the molecule is COc1ccc(OCCC(=O)Nc2ccccc2C(N)=O)cc1. The van der Waals surface area contributed by atoms with Crippen LogP contribution in [0.4, 0.5) is 5.69 Å². The summed E-state index contributed by atoms with van der Waals surface area (Å²) in [7, 11) is 1.59. The first-order valence-electron chi connectivity index (χ1n) is 7.05. The van der Waals surface area contributed by atoms with Crippen LogP contribution in [-0.4, -0.2) is 25.5 Å². The third-order valence-electron chi connectivity index (χ3n) is 3.12.